The molecule has 25 nitrogen and oxygen atoms in total. The van der Waals surface area contributed by atoms with Crippen molar-refractivity contribution in [1.82, 2.24) is 32.1 Å². The van der Waals surface area contributed by atoms with Crippen LogP contribution in [0.15, 0.2) is 0 Å². The van der Waals surface area contributed by atoms with Crippen LogP contribution in [0.25, 0.3) is 0 Å². The lowest BCUT2D eigenvalue weighted by Crippen LogP contribution is -2.59. The van der Waals surface area contributed by atoms with E-state index in [0.29, 0.717) is 111 Å². The van der Waals surface area contributed by atoms with Crippen molar-refractivity contribution in [1.29, 1.82) is 0 Å². The first-order chi connectivity index (χ1) is 43.1. The van der Waals surface area contributed by atoms with Crippen LogP contribution in [-0.4, -0.2) is 225 Å². The molecule has 0 heterocycles. The normalized spacial score (nSPS) is 13.0. The molecule has 0 aliphatic carbocycles. The molecular weight excluding hydrogens is 1200 g/mol. The molecule has 0 aromatic rings. The van der Waals surface area contributed by atoms with Gasteiger partial charge in [0.2, 0.25) is 35.4 Å². The maximum Gasteiger partial charge on any atom is 0.243 e. The maximum atomic E-state index is 14.2. The number of rotatable bonds is 57. The first kappa shape index (κ1) is 89.3. The molecular formula is C68H132N6O19. The lowest BCUT2D eigenvalue weighted by molar-refractivity contribution is -0.134. The predicted molar refractivity (Wildman–Crippen MR) is 359 cm³/mol. The largest absolute Gasteiger partial charge is 0.385 e. The molecule has 0 spiro atoms. The third-order valence-electron chi connectivity index (χ3n) is 14.1. The summed E-state index contributed by atoms with van der Waals surface area (Å²) in [7, 11) is 1.59. The van der Waals surface area contributed by atoms with Crippen molar-refractivity contribution in [3.05, 3.63) is 0 Å². The minimum absolute atomic E-state index is 0.00610. The highest BCUT2D eigenvalue weighted by Crippen LogP contribution is 2.23. The number of amides is 6. The zero-order chi connectivity index (χ0) is 70.7. The maximum absolute atomic E-state index is 14.2. The van der Waals surface area contributed by atoms with E-state index >= 15 is 0 Å². The molecule has 0 atom stereocenters. The van der Waals surface area contributed by atoms with Gasteiger partial charge in [0.15, 0.2) is 0 Å². The number of hydrogen-bond donors (Lipinski definition) is 6. The van der Waals surface area contributed by atoms with Crippen molar-refractivity contribution >= 4 is 35.4 Å². The van der Waals surface area contributed by atoms with E-state index in [1.165, 1.54) is 0 Å². The monoisotopic (exact) mass is 1340 g/mol. The van der Waals surface area contributed by atoms with Crippen molar-refractivity contribution in [3.8, 4) is 0 Å². The zero-order valence-corrected chi connectivity index (χ0v) is 61.6. The second-order valence-electron chi connectivity index (χ2n) is 29.6. The van der Waals surface area contributed by atoms with Crippen molar-refractivity contribution in [3.63, 3.8) is 0 Å². The Morgan fingerprint density at radius 1 is 0.290 bits per heavy atom. The van der Waals surface area contributed by atoms with E-state index in [-0.39, 0.29) is 157 Å². The van der Waals surface area contributed by atoms with Crippen molar-refractivity contribution in [2.75, 3.05) is 139 Å². The van der Waals surface area contributed by atoms with Gasteiger partial charge in [-0.1, -0.05) is 0 Å². The Bertz CT molecular complexity index is 1910. The highest BCUT2D eigenvalue weighted by Gasteiger charge is 2.35. The Balaban J connectivity index is 6.05. The summed E-state index contributed by atoms with van der Waals surface area (Å²) in [5.41, 5.74) is -2.48. The third-order valence-corrected chi connectivity index (χ3v) is 14.1. The van der Waals surface area contributed by atoms with Crippen molar-refractivity contribution in [2.45, 2.75) is 265 Å². The Morgan fingerprint density at radius 2 is 0.591 bits per heavy atom. The van der Waals surface area contributed by atoms with Crippen LogP contribution in [0.3, 0.4) is 0 Å². The van der Waals surface area contributed by atoms with Gasteiger partial charge in [-0.2, -0.15) is 0 Å². The van der Waals surface area contributed by atoms with Crippen LogP contribution in [-0.2, 0) is 90.4 Å². The molecule has 0 aromatic carbocycles. The molecule has 0 saturated carbocycles. The number of nitrogens with one attached hydrogen (secondary N) is 6. The molecule has 93 heavy (non-hydrogen) atoms. The molecule has 6 amide bonds. The van der Waals surface area contributed by atoms with Gasteiger partial charge in [-0.25, -0.2) is 5.48 Å². The SMILES string of the molecule is COCCCONC(=O)CCCC(=O)NCCOC(C)(C)CCOC(C)(C)CCC(=O)NC(COCCC(=O)NCCOC(C)(C)CCOC(C)(C)C)(COCCC(=O)NCCOC(C)(C)CCOC(C)(C)C)COCCC(=O)NCCOC(C)(C)CCOC(C)(C)C. The van der Waals surface area contributed by atoms with Crippen LogP contribution < -0.4 is 32.1 Å². The lowest BCUT2D eigenvalue weighted by atomic mass is 9.99. The van der Waals surface area contributed by atoms with Gasteiger partial charge in [-0.05, 0) is 176 Å². The number of hydroxylamine groups is 1. The first-order valence-electron chi connectivity index (χ1n) is 33.7. The van der Waals surface area contributed by atoms with Crippen LogP contribution in [0.5, 0.6) is 0 Å². The van der Waals surface area contributed by atoms with E-state index < -0.39 is 33.5 Å². The molecule has 0 aromatic heterocycles. The summed E-state index contributed by atoms with van der Waals surface area (Å²) < 4.78 is 71.7. The summed E-state index contributed by atoms with van der Waals surface area (Å²) in [6.07, 6.45) is 4.27. The molecule has 25 heteroatoms. The Morgan fingerprint density at radius 3 is 0.925 bits per heavy atom. The first-order valence-corrected chi connectivity index (χ1v) is 33.7. The summed E-state index contributed by atoms with van der Waals surface area (Å²) in [6, 6.07) is 0. The molecule has 0 fully saturated rings. The van der Waals surface area contributed by atoms with E-state index in [1.54, 1.807) is 7.11 Å². The van der Waals surface area contributed by atoms with Crippen LogP contribution >= 0.6 is 0 Å². The number of carbonyl (C=O) groups excluding carboxylic acids is 6. The number of hydrogen-bond acceptors (Lipinski definition) is 19. The van der Waals surface area contributed by atoms with Crippen molar-refractivity contribution < 1.29 is 90.4 Å². The van der Waals surface area contributed by atoms with Gasteiger partial charge in [-0.3, -0.25) is 33.6 Å². The lowest BCUT2D eigenvalue weighted by Gasteiger charge is -2.35. The topological polar surface area (TPSA) is 295 Å². The molecule has 0 rings (SSSR count). The average Bonchev–Trinajstić information content (AvgIpc) is 0.921. The summed E-state index contributed by atoms with van der Waals surface area (Å²) in [5, 5.41) is 14.6. The van der Waals surface area contributed by atoms with Crippen LogP contribution in [0.2, 0.25) is 0 Å². The van der Waals surface area contributed by atoms with E-state index in [2.05, 4.69) is 32.1 Å². The average molecular weight is 1340 g/mol. The predicted octanol–water partition coefficient (Wildman–Crippen LogP) is 7.54. The highest BCUT2D eigenvalue weighted by atomic mass is 16.7. The van der Waals surface area contributed by atoms with E-state index in [9.17, 15) is 28.8 Å². The Labute approximate surface area is 560 Å². The quantitative estimate of drug-likeness (QED) is 0.0253. The number of methoxy groups -OCH3 is 1. The minimum atomic E-state index is -1.34. The van der Waals surface area contributed by atoms with Gasteiger partial charge >= 0.3 is 0 Å². The van der Waals surface area contributed by atoms with Crippen LogP contribution in [0.4, 0.5) is 0 Å². The van der Waals surface area contributed by atoms with Gasteiger partial charge in [0.05, 0.1) is 124 Å². The van der Waals surface area contributed by atoms with E-state index in [1.807, 2.05) is 132 Å². The molecule has 0 radical (unpaired) electrons. The molecule has 0 unspecified atom stereocenters. The second kappa shape index (κ2) is 46.5. The van der Waals surface area contributed by atoms with Gasteiger partial charge in [-0.15, -0.1) is 0 Å². The molecule has 0 saturated heterocycles. The molecule has 0 bridgehead atoms. The van der Waals surface area contributed by atoms with Gasteiger partial charge in [0, 0.05) is 98.2 Å². The molecule has 0 aliphatic rings. The fourth-order valence-electron chi connectivity index (χ4n) is 8.34. The summed E-state index contributed by atoms with van der Waals surface area (Å²) in [4.78, 5) is 82.9. The second-order valence-corrected chi connectivity index (χ2v) is 29.6. The van der Waals surface area contributed by atoms with E-state index in [4.69, 9.17) is 61.7 Å². The van der Waals surface area contributed by atoms with Gasteiger partial charge < -0.3 is 83.4 Å². The van der Waals surface area contributed by atoms with Crippen LogP contribution in [0, 0.1) is 0 Å². The third kappa shape index (κ3) is 56.1. The van der Waals surface area contributed by atoms with Gasteiger partial charge in [0.25, 0.3) is 0 Å². The number of carbonyl (C=O) groups is 6. The van der Waals surface area contributed by atoms with E-state index in [0.717, 1.165) is 0 Å². The molecule has 548 valence electrons. The number of ether oxygens (including phenoxy) is 12. The summed E-state index contributed by atoms with van der Waals surface area (Å²) >= 11 is 0. The Kier molecular flexibility index (Phi) is 44.7. The summed E-state index contributed by atoms with van der Waals surface area (Å²) in [6.45, 7) is 42.2. The fraction of sp³-hybridized carbons (Fsp3) is 0.912. The summed E-state index contributed by atoms with van der Waals surface area (Å²) in [5.74, 6) is -1.61. The van der Waals surface area contributed by atoms with Gasteiger partial charge in [0.1, 0.15) is 5.54 Å². The highest BCUT2D eigenvalue weighted by molar-refractivity contribution is 5.79. The smallest absolute Gasteiger partial charge is 0.243 e. The molecule has 6 N–H and O–H groups in total. The Hall–Kier alpha value is -3.70. The van der Waals surface area contributed by atoms with Crippen LogP contribution in [0.1, 0.15) is 215 Å². The molecule has 0 aliphatic heterocycles. The standard InChI is InChI=1S/C68H132N6O19/c1-60(2,3)85-43-30-64(12,13)89-48-35-70-55(76)26-40-82-51-68(52-83-41-27-56(77)71-36-49-90-65(14,15)31-44-86-61(4,5)6,53-84-42-28-57(78)72-37-50-91-66(16,17)32-45-87-62(7,8)9)73-58(79)25-29-63(10,11)88-46-33-67(18,19)92-47-34-69-54(75)23-21-24-59(80)74-93-39-22-38-81-20/h21-53H2,1-20H3,(H,69,75)(H,70,76)(H,71,77)(H,72,78)(H,73,79)(H,74,80). The zero-order valence-electron chi connectivity index (χ0n) is 61.6. The minimum Gasteiger partial charge on any atom is -0.385 e. The van der Waals surface area contributed by atoms with Crippen molar-refractivity contribution in [2.24, 2.45) is 0 Å². The fourth-order valence-corrected chi connectivity index (χ4v) is 8.34.